The third kappa shape index (κ3) is 2.99. The molecular formula is C18H21BrN2. The normalized spacial score (nSPS) is 25.9. The van der Waals surface area contributed by atoms with Crippen molar-refractivity contribution >= 4 is 21.6 Å². The zero-order valence-electron chi connectivity index (χ0n) is 12.5. The summed E-state index contributed by atoms with van der Waals surface area (Å²) in [5.41, 5.74) is 2.60. The highest BCUT2D eigenvalue weighted by molar-refractivity contribution is 9.10. The maximum atomic E-state index is 3.72. The molecule has 0 bridgehead atoms. The van der Waals surface area contributed by atoms with Crippen LogP contribution in [0.4, 0.5) is 5.69 Å². The number of piperazine rings is 1. The van der Waals surface area contributed by atoms with Gasteiger partial charge in [0, 0.05) is 29.3 Å². The molecule has 1 aliphatic rings. The zero-order valence-corrected chi connectivity index (χ0v) is 14.1. The van der Waals surface area contributed by atoms with Crippen LogP contribution in [0.15, 0.2) is 59.1 Å². The highest BCUT2D eigenvalue weighted by Crippen LogP contribution is 2.31. The largest absolute Gasteiger partial charge is 0.365 e. The lowest BCUT2D eigenvalue weighted by Gasteiger charge is -2.46. The first-order chi connectivity index (χ1) is 10.1. The second-order valence-corrected chi connectivity index (χ2v) is 6.95. The average molecular weight is 345 g/mol. The van der Waals surface area contributed by atoms with Gasteiger partial charge in [-0.2, -0.15) is 0 Å². The van der Waals surface area contributed by atoms with Gasteiger partial charge in [0.05, 0.1) is 5.54 Å². The molecule has 1 fully saturated rings. The number of nitrogens with zero attached hydrogens (tertiary/aromatic N) is 1. The molecule has 1 saturated heterocycles. The average Bonchev–Trinajstić information content (AvgIpc) is 2.51. The lowest BCUT2D eigenvalue weighted by molar-refractivity contribution is 0.299. The van der Waals surface area contributed by atoms with Crippen LogP contribution in [-0.2, 0) is 5.54 Å². The maximum Gasteiger partial charge on any atom is 0.0584 e. The highest BCUT2D eigenvalue weighted by atomic mass is 79.9. The van der Waals surface area contributed by atoms with Crippen molar-refractivity contribution in [2.24, 2.45) is 0 Å². The van der Waals surface area contributed by atoms with Crippen molar-refractivity contribution in [3.63, 3.8) is 0 Å². The molecular weight excluding hydrogens is 324 g/mol. The number of benzene rings is 2. The van der Waals surface area contributed by atoms with E-state index < -0.39 is 0 Å². The standard InChI is InChI=1S/C18H21BrN2/c1-14-12-20-18(2,15-7-4-3-5-8-15)13-21(14)17-10-6-9-16(19)11-17/h3-11,14,20H,12-13H2,1-2H3. The highest BCUT2D eigenvalue weighted by Gasteiger charge is 2.35. The number of rotatable bonds is 2. The molecule has 3 heteroatoms. The third-order valence-corrected chi connectivity index (χ3v) is 4.85. The molecule has 0 aromatic heterocycles. The van der Waals surface area contributed by atoms with Crippen LogP contribution in [0.3, 0.4) is 0 Å². The molecule has 2 nitrogen and oxygen atoms in total. The third-order valence-electron chi connectivity index (χ3n) is 4.36. The lowest BCUT2D eigenvalue weighted by atomic mass is 9.88. The molecule has 21 heavy (non-hydrogen) atoms. The van der Waals surface area contributed by atoms with E-state index in [0.29, 0.717) is 6.04 Å². The number of halogens is 1. The first-order valence-corrected chi connectivity index (χ1v) is 8.20. The van der Waals surface area contributed by atoms with Crippen molar-refractivity contribution in [2.45, 2.75) is 25.4 Å². The molecule has 3 rings (SSSR count). The molecule has 0 spiro atoms. The van der Waals surface area contributed by atoms with Gasteiger partial charge in [-0.25, -0.2) is 0 Å². The van der Waals surface area contributed by atoms with E-state index >= 15 is 0 Å². The van der Waals surface area contributed by atoms with Gasteiger partial charge in [-0.15, -0.1) is 0 Å². The van der Waals surface area contributed by atoms with Gasteiger partial charge in [-0.05, 0) is 37.6 Å². The van der Waals surface area contributed by atoms with Crippen LogP contribution in [-0.4, -0.2) is 19.1 Å². The van der Waals surface area contributed by atoms with Crippen LogP contribution >= 0.6 is 15.9 Å². The Bertz CT molecular complexity index is 614. The Kier molecular flexibility index (Phi) is 4.05. The van der Waals surface area contributed by atoms with E-state index in [1.165, 1.54) is 11.3 Å². The molecule has 0 saturated carbocycles. The lowest BCUT2D eigenvalue weighted by Crippen LogP contribution is -2.60. The van der Waals surface area contributed by atoms with E-state index in [2.05, 4.69) is 94.6 Å². The molecule has 0 aliphatic carbocycles. The van der Waals surface area contributed by atoms with Gasteiger partial charge in [0.2, 0.25) is 0 Å². The fraction of sp³-hybridized carbons (Fsp3) is 0.333. The number of hydrogen-bond donors (Lipinski definition) is 1. The topological polar surface area (TPSA) is 15.3 Å². The van der Waals surface area contributed by atoms with Crippen molar-refractivity contribution in [1.82, 2.24) is 5.32 Å². The fourth-order valence-electron chi connectivity index (χ4n) is 3.04. The molecule has 0 amide bonds. The molecule has 1 heterocycles. The predicted molar refractivity (Wildman–Crippen MR) is 92.7 cm³/mol. The van der Waals surface area contributed by atoms with Gasteiger partial charge >= 0.3 is 0 Å². The summed E-state index contributed by atoms with van der Waals surface area (Å²) in [5.74, 6) is 0. The minimum Gasteiger partial charge on any atom is -0.365 e. The molecule has 1 N–H and O–H groups in total. The summed E-state index contributed by atoms with van der Waals surface area (Å²) in [5, 5.41) is 3.72. The molecule has 2 unspecified atom stereocenters. The SMILES string of the molecule is CC1CNC(C)(c2ccccc2)CN1c1cccc(Br)c1. The van der Waals surface area contributed by atoms with Gasteiger partial charge in [0.15, 0.2) is 0 Å². The number of anilines is 1. The Hall–Kier alpha value is -1.32. The van der Waals surface area contributed by atoms with Gasteiger partial charge in [0.25, 0.3) is 0 Å². The van der Waals surface area contributed by atoms with E-state index in [1.54, 1.807) is 0 Å². The molecule has 0 radical (unpaired) electrons. The number of hydrogen-bond acceptors (Lipinski definition) is 2. The molecule has 2 aromatic carbocycles. The summed E-state index contributed by atoms with van der Waals surface area (Å²) in [6.07, 6.45) is 0. The van der Waals surface area contributed by atoms with E-state index in [4.69, 9.17) is 0 Å². The van der Waals surface area contributed by atoms with Gasteiger partial charge in [0.1, 0.15) is 0 Å². The summed E-state index contributed by atoms with van der Waals surface area (Å²) in [6, 6.07) is 19.8. The van der Waals surface area contributed by atoms with Crippen LogP contribution < -0.4 is 10.2 Å². The Labute approximate surface area is 135 Å². The van der Waals surface area contributed by atoms with Crippen molar-refractivity contribution in [2.75, 3.05) is 18.0 Å². The summed E-state index contributed by atoms with van der Waals surface area (Å²) in [7, 11) is 0. The van der Waals surface area contributed by atoms with Crippen LogP contribution in [0.2, 0.25) is 0 Å². The number of nitrogens with one attached hydrogen (secondary N) is 1. The Morgan fingerprint density at radius 3 is 2.62 bits per heavy atom. The second-order valence-electron chi connectivity index (χ2n) is 6.04. The smallest absolute Gasteiger partial charge is 0.0584 e. The van der Waals surface area contributed by atoms with E-state index in [9.17, 15) is 0 Å². The first-order valence-electron chi connectivity index (χ1n) is 7.41. The first kappa shape index (κ1) is 14.6. The van der Waals surface area contributed by atoms with Crippen molar-refractivity contribution < 1.29 is 0 Å². The summed E-state index contributed by atoms with van der Waals surface area (Å²) < 4.78 is 1.13. The second kappa shape index (κ2) is 5.82. The van der Waals surface area contributed by atoms with Crippen molar-refractivity contribution in [1.29, 1.82) is 0 Å². The van der Waals surface area contributed by atoms with E-state index in [1.807, 2.05) is 0 Å². The van der Waals surface area contributed by atoms with Gasteiger partial charge in [-0.1, -0.05) is 52.3 Å². The Morgan fingerprint density at radius 1 is 1.14 bits per heavy atom. The van der Waals surface area contributed by atoms with Gasteiger partial charge in [-0.3, -0.25) is 0 Å². The molecule has 2 atom stereocenters. The zero-order chi connectivity index (χ0) is 14.9. The molecule has 2 aromatic rings. The summed E-state index contributed by atoms with van der Waals surface area (Å²) in [6.45, 7) is 6.52. The quantitative estimate of drug-likeness (QED) is 0.879. The fourth-order valence-corrected chi connectivity index (χ4v) is 3.42. The minimum atomic E-state index is -0.0178. The van der Waals surface area contributed by atoms with Crippen molar-refractivity contribution in [3.8, 4) is 0 Å². The molecule has 110 valence electrons. The summed E-state index contributed by atoms with van der Waals surface area (Å²) in [4.78, 5) is 2.49. The van der Waals surface area contributed by atoms with Crippen LogP contribution in [0.1, 0.15) is 19.4 Å². The van der Waals surface area contributed by atoms with Gasteiger partial charge < -0.3 is 10.2 Å². The monoisotopic (exact) mass is 344 g/mol. The van der Waals surface area contributed by atoms with Crippen molar-refractivity contribution in [3.05, 3.63) is 64.6 Å². The minimum absolute atomic E-state index is 0.0178. The Morgan fingerprint density at radius 2 is 1.90 bits per heavy atom. The summed E-state index contributed by atoms with van der Waals surface area (Å²) >= 11 is 3.58. The van der Waals surface area contributed by atoms with Crippen LogP contribution in [0.5, 0.6) is 0 Å². The van der Waals surface area contributed by atoms with Crippen LogP contribution in [0.25, 0.3) is 0 Å². The molecule has 1 aliphatic heterocycles. The van der Waals surface area contributed by atoms with Crippen LogP contribution in [0, 0.1) is 0 Å². The predicted octanol–water partition coefficient (Wildman–Crippen LogP) is 4.16. The van der Waals surface area contributed by atoms with E-state index in [0.717, 1.165) is 17.6 Å². The van der Waals surface area contributed by atoms with E-state index in [-0.39, 0.29) is 5.54 Å². The maximum absolute atomic E-state index is 3.72. The Balaban J connectivity index is 1.92.